The van der Waals surface area contributed by atoms with E-state index in [1.807, 2.05) is 6.07 Å². The van der Waals surface area contributed by atoms with Crippen molar-refractivity contribution in [3.63, 3.8) is 0 Å². The van der Waals surface area contributed by atoms with Crippen molar-refractivity contribution in [3.05, 3.63) is 35.9 Å². The maximum absolute atomic E-state index is 5.67. The summed E-state index contributed by atoms with van der Waals surface area (Å²) in [5.74, 6) is 3.52. The first-order valence-electron chi connectivity index (χ1n) is 10.6. The zero-order valence-electron chi connectivity index (χ0n) is 17.9. The maximum Gasteiger partial charge on any atom is 0.191 e. The molecule has 0 atom stereocenters. The van der Waals surface area contributed by atoms with Gasteiger partial charge >= 0.3 is 0 Å². The summed E-state index contributed by atoms with van der Waals surface area (Å²) in [6, 6.07) is 6.15. The van der Waals surface area contributed by atoms with Crippen LogP contribution in [0.3, 0.4) is 0 Å². The predicted octanol–water partition coefficient (Wildman–Crippen LogP) is 2.81. The fourth-order valence-electron chi connectivity index (χ4n) is 3.13. The molecule has 8 nitrogen and oxygen atoms in total. The van der Waals surface area contributed by atoms with E-state index < -0.39 is 0 Å². The van der Waals surface area contributed by atoms with Crippen molar-refractivity contribution in [2.24, 2.45) is 4.99 Å². The van der Waals surface area contributed by atoms with Crippen LogP contribution in [0.4, 0.5) is 0 Å². The zero-order valence-corrected chi connectivity index (χ0v) is 20.2. The van der Waals surface area contributed by atoms with Gasteiger partial charge in [-0.2, -0.15) is 0 Å². The van der Waals surface area contributed by atoms with Gasteiger partial charge in [0, 0.05) is 32.6 Å². The normalized spacial score (nSPS) is 12.9. The lowest BCUT2D eigenvalue weighted by molar-refractivity contribution is 0.171. The summed E-state index contributed by atoms with van der Waals surface area (Å²) in [5, 5.41) is 15.0. The van der Waals surface area contributed by atoms with Crippen LogP contribution in [-0.4, -0.2) is 53.6 Å². The van der Waals surface area contributed by atoms with Crippen LogP contribution >= 0.6 is 24.0 Å². The summed E-state index contributed by atoms with van der Waals surface area (Å²) >= 11 is 0. The lowest BCUT2D eigenvalue weighted by atomic mass is 10.1. The molecule has 3 rings (SSSR count). The number of hydrogen-bond acceptors (Lipinski definition) is 5. The fourth-order valence-corrected chi connectivity index (χ4v) is 3.13. The first-order chi connectivity index (χ1) is 14.3. The second-order valence-corrected chi connectivity index (χ2v) is 6.96. The molecule has 0 aliphatic carbocycles. The molecular weight excluding hydrogens is 495 g/mol. The Balaban J connectivity index is 0.00000320. The van der Waals surface area contributed by atoms with Crippen molar-refractivity contribution in [1.29, 1.82) is 0 Å². The molecule has 2 heterocycles. The van der Waals surface area contributed by atoms with Crippen LogP contribution in [0.2, 0.25) is 0 Å². The number of unbranched alkanes of at least 4 members (excludes halogenated alkanes) is 1. The predicted molar refractivity (Wildman–Crippen MR) is 129 cm³/mol. The molecule has 166 valence electrons. The summed E-state index contributed by atoms with van der Waals surface area (Å²) in [6.07, 6.45) is 5.76. The van der Waals surface area contributed by atoms with Gasteiger partial charge in [0.05, 0.1) is 0 Å². The van der Waals surface area contributed by atoms with E-state index in [-0.39, 0.29) is 24.0 Å². The summed E-state index contributed by atoms with van der Waals surface area (Å²) in [7, 11) is 0. The van der Waals surface area contributed by atoms with Crippen molar-refractivity contribution in [1.82, 2.24) is 25.4 Å². The Bertz CT molecular complexity index is 796. The van der Waals surface area contributed by atoms with Crippen LogP contribution in [0.5, 0.6) is 11.5 Å². The van der Waals surface area contributed by atoms with Crippen LogP contribution in [0, 0.1) is 0 Å². The molecule has 0 fully saturated rings. The highest BCUT2D eigenvalue weighted by atomic mass is 127. The van der Waals surface area contributed by atoms with E-state index >= 15 is 0 Å². The largest absolute Gasteiger partial charge is 0.486 e. The van der Waals surface area contributed by atoms with E-state index in [0.717, 1.165) is 75.1 Å². The number of aromatic nitrogens is 3. The van der Waals surface area contributed by atoms with E-state index in [4.69, 9.17) is 9.47 Å². The lowest BCUT2D eigenvalue weighted by Gasteiger charge is -2.19. The second-order valence-electron chi connectivity index (χ2n) is 6.96. The van der Waals surface area contributed by atoms with Crippen molar-refractivity contribution >= 4 is 29.9 Å². The molecule has 1 aromatic carbocycles. The minimum Gasteiger partial charge on any atom is -0.486 e. The van der Waals surface area contributed by atoms with E-state index in [1.54, 1.807) is 6.33 Å². The molecule has 1 aliphatic heterocycles. The van der Waals surface area contributed by atoms with Crippen LogP contribution in [0.15, 0.2) is 29.5 Å². The van der Waals surface area contributed by atoms with Crippen LogP contribution in [0.25, 0.3) is 0 Å². The highest BCUT2D eigenvalue weighted by molar-refractivity contribution is 14.0. The summed E-state index contributed by atoms with van der Waals surface area (Å²) < 4.78 is 13.3. The minimum absolute atomic E-state index is 0. The van der Waals surface area contributed by atoms with Gasteiger partial charge in [0.25, 0.3) is 0 Å². The highest BCUT2D eigenvalue weighted by Crippen LogP contribution is 2.30. The summed E-state index contributed by atoms with van der Waals surface area (Å²) in [5.41, 5.74) is 1.21. The van der Waals surface area contributed by atoms with Gasteiger partial charge in [-0.1, -0.05) is 26.3 Å². The number of nitrogens with zero attached hydrogens (tertiary/aromatic N) is 4. The Morgan fingerprint density at radius 2 is 1.93 bits per heavy atom. The van der Waals surface area contributed by atoms with Crippen LogP contribution < -0.4 is 20.1 Å². The third-order valence-corrected chi connectivity index (χ3v) is 4.75. The Hall–Kier alpha value is -2.04. The topological polar surface area (TPSA) is 85.6 Å². The zero-order chi connectivity index (χ0) is 20.3. The third-order valence-electron chi connectivity index (χ3n) is 4.75. The summed E-state index contributed by atoms with van der Waals surface area (Å²) in [4.78, 5) is 4.69. The Morgan fingerprint density at radius 1 is 1.13 bits per heavy atom. The molecule has 2 N–H and O–H groups in total. The first kappa shape index (κ1) is 24.2. The first-order valence-corrected chi connectivity index (χ1v) is 10.6. The second kappa shape index (κ2) is 13.3. The molecule has 1 aromatic heterocycles. The number of halogens is 1. The Kier molecular flexibility index (Phi) is 10.7. The molecular formula is C21H33IN6O2. The van der Waals surface area contributed by atoms with Crippen molar-refractivity contribution in [3.8, 4) is 11.5 Å². The van der Waals surface area contributed by atoms with Crippen molar-refractivity contribution in [2.75, 3.05) is 32.8 Å². The number of hydrogen-bond donors (Lipinski definition) is 2. The standard InChI is InChI=1S/C21H32N6O2.HI/c1-3-5-9-22-21(24-11-12-27-16-25-26-20(27)4-2)23-10-8-17-6-7-18-19(15-17)29-14-13-28-18;/h6-7,15-16H,3-5,8-14H2,1-2H3,(H2,22,23,24);1H. The lowest BCUT2D eigenvalue weighted by Crippen LogP contribution is -2.40. The Morgan fingerprint density at radius 3 is 2.73 bits per heavy atom. The molecule has 2 aromatic rings. The monoisotopic (exact) mass is 528 g/mol. The average Bonchev–Trinajstić information content (AvgIpc) is 3.21. The summed E-state index contributed by atoms with van der Waals surface area (Å²) in [6.45, 7) is 8.69. The molecule has 0 radical (unpaired) electrons. The molecule has 0 spiro atoms. The van der Waals surface area contributed by atoms with Gasteiger partial charge < -0.3 is 24.7 Å². The number of aryl methyl sites for hydroxylation is 1. The number of rotatable bonds is 10. The number of benzene rings is 1. The van der Waals surface area contributed by atoms with E-state index in [1.165, 1.54) is 5.56 Å². The number of aliphatic imine (C=N–C) groups is 1. The van der Waals surface area contributed by atoms with E-state index in [2.05, 4.69) is 56.4 Å². The minimum atomic E-state index is 0. The average molecular weight is 528 g/mol. The smallest absolute Gasteiger partial charge is 0.191 e. The van der Waals surface area contributed by atoms with Crippen molar-refractivity contribution < 1.29 is 9.47 Å². The quantitative estimate of drug-likeness (QED) is 0.214. The van der Waals surface area contributed by atoms with E-state index in [0.29, 0.717) is 13.2 Å². The maximum atomic E-state index is 5.67. The number of ether oxygens (including phenoxy) is 2. The molecule has 9 heteroatoms. The molecule has 0 unspecified atom stereocenters. The third kappa shape index (κ3) is 7.33. The van der Waals surface area contributed by atoms with Gasteiger partial charge in [-0.3, -0.25) is 4.99 Å². The number of nitrogens with one attached hydrogen (secondary N) is 2. The number of fused-ring (bicyclic) bond motifs is 1. The van der Waals surface area contributed by atoms with Gasteiger partial charge in [0.1, 0.15) is 25.4 Å². The molecule has 0 amide bonds. The number of guanidine groups is 1. The Labute approximate surface area is 195 Å². The molecule has 1 aliphatic rings. The molecule has 0 saturated heterocycles. The molecule has 30 heavy (non-hydrogen) atoms. The van der Waals surface area contributed by atoms with Crippen LogP contribution in [-0.2, 0) is 19.4 Å². The molecule has 0 saturated carbocycles. The molecule has 0 bridgehead atoms. The SMILES string of the molecule is CCCCN=C(NCCc1ccc2c(c1)OCCO2)NCCn1cnnc1CC.I. The van der Waals surface area contributed by atoms with Gasteiger partial charge in [-0.05, 0) is 30.5 Å². The van der Waals surface area contributed by atoms with Crippen molar-refractivity contribution in [2.45, 2.75) is 46.1 Å². The van der Waals surface area contributed by atoms with Gasteiger partial charge in [-0.25, -0.2) is 0 Å². The fraction of sp³-hybridized carbons (Fsp3) is 0.571. The van der Waals surface area contributed by atoms with Gasteiger partial charge in [-0.15, -0.1) is 34.2 Å². The van der Waals surface area contributed by atoms with Gasteiger partial charge in [0.2, 0.25) is 0 Å². The highest BCUT2D eigenvalue weighted by Gasteiger charge is 2.11. The van der Waals surface area contributed by atoms with Gasteiger partial charge in [0.15, 0.2) is 17.5 Å². The van der Waals surface area contributed by atoms with E-state index in [9.17, 15) is 0 Å². The van der Waals surface area contributed by atoms with Crippen LogP contribution in [0.1, 0.15) is 38.1 Å².